The number of nitrogens with two attached hydrogens (primary N) is 1. The fourth-order valence-corrected chi connectivity index (χ4v) is 4.07. The van der Waals surface area contributed by atoms with E-state index in [0.29, 0.717) is 0 Å². The van der Waals surface area contributed by atoms with E-state index in [1.807, 2.05) is 33.9 Å². The quantitative estimate of drug-likeness (QED) is 0.146. The zero-order valence-electron chi connectivity index (χ0n) is 25.2. The van der Waals surface area contributed by atoms with Gasteiger partial charge in [-0.05, 0) is 127 Å². The second kappa shape index (κ2) is 16.1. The molecule has 0 atom stereocenters. The number of aliphatic hydroxyl groups is 1. The average molecular weight is 528 g/mol. The number of aliphatic imine (C=N–C) groups is 1. The van der Waals surface area contributed by atoms with Crippen molar-refractivity contribution in [3.05, 3.63) is 88.3 Å². The SMILES string of the molecule is CC=N/C=C(\C)c1cc(/C=C/C(=C/C=C(\C)CC)/C=C(\C)CCC(C)(C)O)c2cc(CCCCN)ccc2n1. The summed E-state index contributed by atoms with van der Waals surface area (Å²) in [5.74, 6) is 0. The lowest BCUT2D eigenvalue weighted by molar-refractivity contribution is 0.0714. The highest BCUT2D eigenvalue weighted by Crippen LogP contribution is 2.26. The molecule has 4 heteroatoms. The first-order chi connectivity index (χ1) is 18.6. The van der Waals surface area contributed by atoms with E-state index in [-0.39, 0.29) is 0 Å². The lowest BCUT2D eigenvalue weighted by Gasteiger charge is -2.16. The number of hydrogen-bond donors (Lipinski definition) is 2. The molecule has 0 amide bonds. The van der Waals surface area contributed by atoms with Gasteiger partial charge in [0.2, 0.25) is 0 Å². The molecule has 3 N–H and O–H groups in total. The van der Waals surface area contributed by atoms with Crippen molar-refractivity contribution in [3.63, 3.8) is 0 Å². The number of rotatable bonds is 14. The predicted octanol–water partition coefficient (Wildman–Crippen LogP) is 8.76. The molecule has 0 saturated carbocycles. The monoisotopic (exact) mass is 527 g/mol. The van der Waals surface area contributed by atoms with Crippen LogP contribution in [0.25, 0.3) is 22.6 Å². The first kappa shape index (κ1) is 32.1. The Balaban J connectivity index is 2.60. The summed E-state index contributed by atoms with van der Waals surface area (Å²) >= 11 is 0. The lowest BCUT2D eigenvalue weighted by atomic mass is 9.97. The van der Waals surface area contributed by atoms with Gasteiger partial charge in [-0.25, -0.2) is 4.98 Å². The fourth-order valence-electron chi connectivity index (χ4n) is 4.07. The molecule has 0 bridgehead atoms. The standard InChI is InChI=1S/C35H49N3O/c1-8-26(3)13-14-30(22-27(4)19-20-35(6,7)39)15-17-31-24-34(28(5)25-37-9-2)38-33-18-16-29(23-32(31)33)12-10-11-21-36/h9,13-18,22-25,39H,8,10-12,19-21,36H2,1-7H3/b17-15+,26-13+,27-22+,28-25+,30-14-,37-9?. The highest BCUT2D eigenvalue weighted by Gasteiger charge is 2.12. The molecule has 2 aromatic rings. The number of nitrogens with zero attached hydrogens (tertiary/aromatic N) is 2. The van der Waals surface area contributed by atoms with Crippen LogP contribution in [0.2, 0.25) is 0 Å². The molecule has 210 valence electrons. The number of fused-ring (bicyclic) bond motifs is 1. The first-order valence-corrected chi connectivity index (χ1v) is 14.3. The van der Waals surface area contributed by atoms with Gasteiger partial charge in [0.25, 0.3) is 0 Å². The Hall–Kier alpha value is -3.08. The van der Waals surface area contributed by atoms with Crippen molar-refractivity contribution in [1.29, 1.82) is 0 Å². The Morgan fingerprint density at radius 1 is 1.08 bits per heavy atom. The van der Waals surface area contributed by atoms with E-state index < -0.39 is 5.60 Å². The summed E-state index contributed by atoms with van der Waals surface area (Å²) in [4.78, 5) is 9.27. The van der Waals surface area contributed by atoms with E-state index in [9.17, 15) is 5.11 Å². The molecule has 0 saturated heterocycles. The zero-order chi connectivity index (χ0) is 28.8. The van der Waals surface area contributed by atoms with Gasteiger partial charge in [-0.2, -0.15) is 0 Å². The van der Waals surface area contributed by atoms with Crippen molar-refractivity contribution in [2.75, 3.05) is 6.54 Å². The number of pyridine rings is 1. The van der Waals surface area contributed by atoms with Crippen LogP contribution in [-0.4, -0.2) is 28.5 Å². The van der Waals surface area contributed by atoms with Crippen molar-refractivity contribution in [3.8, 4) is 0 Å². The summed E-state index contributed by atoms with van der Waals surface area (Å²) in [5, 5.41) is 11.3. The molecule has 1 aromatic carbocycles. The van der Waals surface area contributed by atoms with Crippen molar-refractivity contribution >= 4 is 28.8 Å². The molecule has 0 spiro atoms. The average Bonchev–Trinajstić information content (AvgIpc) is 2.91. The predicted molar refractivity (Wildman–Crippen MR) is 172 cm³/mol. The molecule has 1 heterocycles. The van der Waals surface area contributed by atoms with Crippen LogP contribution in [0.4, 0.5) is 0 Å². The van der Waals surface area contributed by atoms with Gasteiger partial charge in [0.1, 0.15) is 0 Å². The van der Waals surface area contributed by atoms with Gasteiger partial charge in [0.05, 0.1) is 16.8 Å². The molecular weight excluding hydrogens is 478 g/mol. The van der Waals surface area contributed by atoms with Crippen LogP contribution in [0, 0.1) is 0 Å². The summed E-state index contributed by atoms with van der Waals surface area (Å²) in [6, 6.07) is 8.76. The van der Waals surface area contributed by atoms with Crippen LogP contribution in [0.15, 0.2) is 76.5 Å². The van der Waals surface area contributed by atoms with Gasteiger partial charge in [-0.15, -0.1) is 0 Å². The smallest absolute Gasteiger partial charge is 0.0715 e. The summed E-state index contributed by atoms with van der Waals surface area (Å²) < 4.78 is 0. The zero-order valence-corrected chi connectivity index (χ0v) is 25.2. The maximum Gasteiger partial charge on any atom is 0.0715 e. The minimum atomic E-state index is -0.672. The van der Waals surface area contributed by atoms with Crippen molar-refractivity contribution in [2.45, 2.75) is 92.6 Å². The fraction of sp³-hybridized carbons (Fsp3) is 0.429. The van der Waals surface area contributed by atoms with E-state index in [0.717, 1.165) is 78.4 Å². The van der Waals surface area contributed by atoms with Crippen LogP contribution in [-0.2, 0) is 6.42 Å². The molecule has 0 aliphatic carbocycles. The van der Waals surface area contributed by atoms with Gasteiger partial charge in [0, 0.05) is 17.8 Å². The second-order valence-corrected chi connectivity index (χ2v) is 11.1. The highest BCUT2D eigenvalue weighted by atomic mass is 16.3. The Bertz CT molecular complexity index is 1270. The number of hydrogen-bond acceptors (Lipinski definition) is 4. The Morgan fingerprint density at radius 3 is 2.51 bits per heavy atom. The number of benzene rings is 1. The maximum atomic E-state index is 10.2. The number of aryl methyl sites for hydroxylation is 1. The normalized spacial score (nSPS) is 14.4. The van der Waals surface area contributed by atoms with Crippen molar-refractivity contribution < 1.29 is 5.11 Å². The van der Waals surface area contributed by atoms with Crippen molar-refractivity contribution in [1.82, 2.24) is 4.98 Å². The Kier molecular flexibility index (Phi) is 13.3. The van der Waals surface area contributed by atoms with Crippen LogP contribution in [0.3, 0.4) is 0 Å². The molecule has 2 rings (SSSR count). The van der Waals surface area contributed by atoms with Gasteiger partial charge >= 0.3 is 0 Å². The third-order valence-corrected chi connectivity index (χ3v) is 6.76. The Morgan fingerprint density at radius 2 is 1.85 bits per heavy atom. The van der Waals surface area contributed by atoms with E-state index >= 15 is 0 Å². The van der Waals surface area contributed by atoms with E-state index in [4.69, 9.17) is 10.7 Å². The summed E-state index contributed by atoms with van der Waals surface area (Å²) in [5.41, 5.74) is 14.1. The van der Waals surface area contributed by atoms with E-state index in [1.54, 1.807) is 6.21 Å². The number of unbranched alkanes of at least 4 members (excludes halogenated alkanes) is 1. The van der Waals surface area contributed by atoms with Gasteiger partial charge in [-0.3, -0.25) is 4.99 Å². The van der Waals surface area contributed by atoms with Gasteiger partial charge < -0.3 is 10.8 Å². The summed E-state index contributed by atoms with van der Waals surface area (Å²) in [6.45, 7) is 14.9. The summed E-state index contributed by atoms with van der Waals surface area (Å²) in [7, 11) is 0. The molecule has 39 heavy (non-hydrogen) atoms. The van der Waals surface area contributed by atoms with Gasteiger partial charge in [-0.1, -0.05) is 54.5 Å². The lowest BCUT2D eigenvalue weighted by Crippen LogP contribution is -2.17. The topological polar surface area (TPSA) is 71.5 Å². The Labute approximate surface area is 236 Å². The second-order valence-electron chi connectivity index (χ2n) is 11.1. The third kappa shape index (κ3) is 11.7. The largest absolute Gasteiger partial charge is 0.390 e. The van der Waals surface area contributed by atoms with Crippen LogP contribution in [0.1, 0.15) is 97.4 Å². The maximum absolute atomic E-state index is 10.2. The third-order valence-electron chi connectivity index (χ3n) is 6.76. The molecule has 0 radical (unpaired) electrons. The molecular formula is C35H49N3O. The van der Waals surface area contributed by atoms with Gasteiger partial charge in [0.15, 0.2) is 0 Å². The minimum absolute atomic E-state index is 0.672. The first-order valence-electron chi connectivity index (χ1n) is 14.3. The molecule has 4 nitrogen and oxygen atoms in total. The van der Waals surface area contributed by atoms with E-state index in [1.165, 1.54) is 16.7 Å². The number of aromatic nitrogens is 1. The molecule has 0 fully saturated rings. The summed E-state index contributed by atoms with van der Waals surface area (Å²) in [6.07, 6.45) is 20.4. The molecule has 0 aliphatic rings. The highest BCUT2D eigenvalue weighted by molar-refractivity contribution is 5.90. The van der Waals surface area contributed by atoms with Crippen LogP contribution < -0.4 is 5.73 Å². The van der Waals surface area contributed by atoms with Crippen LogP contribution >= 0.6 is 0 Å². The minimum Gasteiger partial charge on any atom is -0.390 e. The van der Waals surface area contributed by atoms with E-state index in [2.05, 4.69) is 80.4 Å². The molecule has 0 unspecified atom stereocenters. The van der Waals surface area contributed by atoms with Crippen LogP contribution in [0.5, 0.6) is 0 Å². The van der Waals surface area contributed by atoms with Crippen molar-refractivity contribution in [2.24, 2.45) is 10.7 Å². The molecule has 0 aliphatic heterocycles. The number of allylic oxidation sites excluding steroid dienone is 8. The molecule has 1 aromatic heterocycles.